The standard InChI is InChI=1S/C28H39NO5/c1-4-9-20-16-21-26(28(34)29(14-5-2)27(21)33)22(17-30)25(20)24(32)13-12-18(6-3)15-19-10-7-8-11-23(19)31/h7-8,10-11,15,21-22,24,26,30-32H,4-6,9,12-14,16-17H2,1-3H3/b18-15+/t21-,22+,24-,26-/m1/s1. The van der Waals surface area contributed by atoms with Crippen LogP contribution >= 0.6 is 0 Å². The maximum Gasteiger partial charge on any atom is 0.233 e. The lowest BCUT2D eigenvalue weighted by Crippen LogP contribution is -2.39. The molecule has 2 amide bonds. The second kappa shape index (κ2) is 11.8. The van der Waals surface area contributed by atoms with Gasteiger partial charge in [-0.15, -0.1) is 0 Å². The van der Waals surface area contributed by atoms with Gasteiger partial charge in [-0.2, -0.15) is 0 Å². The van der Waals surface area contributed by atoms with Crippen molar-refractivity contribution in [1.29, 1.82) is 0 Å². The van der Waals surface area contributed by atoms with Gasteiger partial charge in [0.25, 0.3) is 0 Å². The van der Waals surface area contributed by atoms with Gasteiger partial charge in [0.1, 0.15) is 5.75 Å². The Bertz CT molecular complexity index is 950. The molecule has 186 valence electrons. The van der Waals surface area contributed by atoms with Crippen LogP contribution in [-0.4, -0.2) is 51.3 Å². The van der Waals surface area contributed by atoms with Crippen molar-refractivity contribution in [1.82, 2.24) is 4.90 Å². The molecule has 6 nitrogen and oxygen atoms in total. The molecule has 3 N–H and O–H groups in total. The van der Waals surface area contributed by atoms with Gasteiger partial charge >= 0.3 is 0 Å². The smallest absolute Gasteiger partial charge is 0.233 e. The van der Waals surface area contributed by atoms with E-state index in [1.807, 2.05) is 32.1 Å². The number of aromatic hydroxyl groups is 1. The highest BCUT2D eigenvalue weighted by Gasteiger charge is 2.54. The number of aliphatic hydroxyl groups is 2. The van der Waals surface area contributed by atoms with E-state index >= 15 is 0 Å². The number of rotatable bonds is 11. The Kier molecular flexibility index (Phi) is 9.09. The zero-order chi connectivity index (χ0) is 24.8. The molecule has 34 heavy (non-hydrogen) atoms. The zero-order valence-corrected chi connectivity index (χ0v) is 20.7. The number of aliphatic hydroxyl groups excluding tert-OH is 2. The molecule has 4 atom stereocenters. The summed E-state index contributed by atoms with van der Waals surface area (Å²) in [6.45, 7) is 6.20. The summed E-state index contributed by atoms with van der Waals surface area (Å²) >= 11 is 0. The summed E-state index contributed by atoms with van der Waals surface area (Å²) < 4.78 is 0. The number of phenolic OH excluding ortho intramolecular Hbond substituents is 1. The average Bonchev–Trinajstić information content (AvgIpc) is 3.06. The van der Waals surface area contributed by atoms with E-state index in [9.17, 15) is 24.9 Å². The van der Waals surface area contributed by atoms with Crippen LogP contribution < -0.4 is 0 Å². The van der Waals surface area contributed by atoms with Gasteiger partial charge in [0.05, 0.1) is 24.5 Å². The number of hydrogen-bond acceptors (Lipinski definition) is 5. The van der Waals surface area contributed by atoms with Crippen LogP contribution in [0.25, 0.3) is 6.08 Å². The van der Waals surface area contributed by atoms with Gasteiger partial charge in [-0.05, 0) is 50.2 Å². The molecular formula is C28H39NO5. The lowest BCUT2D eigenvalue weighted by atomic mass is 9.67. The van der Waals surface area contributed by atoms with E-state index in [2.05, 4.69) is 6.92 Å². The first kappa shape index (κ1) is 26.2. The van der Waals surface area contributed by atoms with Crippen molar-refractivity contribution >= 4 is 17.9 Å². The fourth-order valence-electron chi connectivity index (χ4n) is 5.67. The van der Waals surface area contributed by atoms with E-state index in [0.717, 1.165) is 41.5 Å². The van der Waals surface area contributed by atoms with Gasteiger partial charge in [0.15, 0.2) is 0 Å². The molecule has 1 fully saturated rings. The summed E-state index contributed by atoms with van der Waals surface area (Å²) in [4.78, 5) is 27.5. The largest absolute Gasteiger partial charge is 0.507 e. The van der Waals surface area contributed by atoms with Crippen LogP contribution in [-0.2, 0) is 9.59 Å². The van der Waals surface area contributed by atoms with Gasteiger partial charge in [-0.25, -0.2) is 0 Å². The minimum atomic E-state index is -0.790. The second-order valence-corrected chi connectivity index (χ2v) is 9.53. The number of amides is 2. The van der Waals surface area contributed by atoms with Crippen LogP contribution in [0.5, 0.6) is 5.75 Å². The van der Waals surface area contributed by atoms with Gasteiger partial charge in [0.2, 0.25) is 11.8 Å². The Morgan fingerprint density at radius 2 is 1.88 bits per heavy atom. The maximum absolute atomic E-state index is 13.1. The molecule has 3 rings (SSSR count). The highest BCUT2D eigenvalue weighted by molar-refractivity contribution is 6.05. The molecule has 0 unspecified atom stereocenters. The summed E-state index contributed by atoms with van der Waals surface area (Å²) in [6, 6.07) is 7.17. The number of para-hydroxylation sites is 1. The molecule has 0 bridgehead atoms. The first-order valence-corrected chi connectivity index (χ1v) is 12.7. The second-order valence-electron chi connectivity index (χ2n) is 9.53. The van der Waals surface area contributed by atoms with Crippen LogP contribution in [0.3, 0.4) is 0 Å². The van der Waals surface area contributed by atoms with Crippen LogP contribution in [0, 0.1) is 17.8 Å². The van der Waals surface area contributed by atoms with E-state index in [4.69, 9.17) is 0 Å². The van der Waals surface area contributed by atoms with Gasteiger partial charge in [-0.1, -0.05) is 62.6 Å². The fraction of sp³-hybridized carbons (Fsp3) is 0.571. The number of likely N-dealkylation sites (tertiary alicyclic amines) is 1. The van der Waals surface area contributed by atoms with Crippen LogP contribution in [0.4, 0.5) is 0 Å². The van der Waals surface area contributed by atoms with Crippen LogP contribution in [0.15, 0.2) is 41.0 Å². The van der Waals surface area contributed by atoms with E-state index in [0.29, 0.717) is 32.2 Å². The predicted octanol–water partition coefficient (Wildman–Crippen LogP) is 4.45. The first-order chi connectivity index (χ1) is 16.4. The van der Waals surface area contributed by atoms with Crippen molar-refractivity contribution in [2.24, 2.45) is 17.8 Å². The van der Waals surface area contributed by atoms with E-state index in [1.54, 1.807) is 12.1 Å². The Balaban J connectivity index is 1.85. The molecule has 1 heterocycles. The third-order valence-corrected chi connectivity index (χ3v) is 7.32. The highest BCUT2D eigenvalue weighted by atomic mass is 16.3. The SMILES string of the molecule is CCCC1=C([C@H](O)CC/C(=C/c2ccccc2O)CC)[C@H](CO)[C@@H]2C(=O)N(CCC)C(=O)[C@@H]2C1. The summed E-state index contributed by atoms with van der Waals surface area (Å²) in [5, 5.41) is 31.8. The Labute approximate surface area is 203 Å². The number of phenols is 1. The van der Waals surface area contributed by atoms with Crippen molar-refractivity contribution in [2.45, 2.75) is 71.8 Å². The summed E-state index contributed by atoms with van der Waals surface area (Å²) in [5.74, 6) is -1.65. The minimum Gasteiger partial charge on any atom is -0.507 e. The van der Waals surface area contributed by atoms with Crippen LogP contribution in [0.2, 0.25) is 0 Å². The average molecular weight is 470 g/mol. The van der Waals surface area contributed by atoms with Gasteiger partial charge in [-0.3, -0.25) is 14.5 Å². The van der Waals surface area contributed by atoms with Crippen molar-refractivity contribution in [2.75, 3.05) is 13.2 Å². The number of nitrogens with zero attached hydrogens (tertiary/aromatic N) is 1. The van der Waals surface area contributed by atoms with E-state index in [1.165, 1.54) is 4.90 Å². The number of allylic oxidation sites excluding steroid dienone is 2. The van der Waals surface area contributed by atoms with Crippen molar-refractivity contribution in [3.63, 3.8) is 0 Å². The number of imide groups is 1. The molecule has 1 saturated heterocycles. The van der Waals surface area contributed by atoms with Gasteiger partial charge in [0, 0.05) is 18.0 Å². The number of benzene rings is 1. The van der Waals surface area contributed by atoms with Crippen LogP contribution in [0.1, 0.15) is 71.3 Å². The molecule has 1 aliphatic carbocycles. The Hall–Kier alpha value is -2.44. The number of hydrogen-bond donors (Lipinski definition) is 3. The molecule has 0 saturated carbocycles. The number of fused-ring (bicyclic) bond motifs is 1. The molecule has 1 aromatic rings. The van der Waals surface area contributed by atoms with Crippen molar-refractivity contribution in [3.05, 3.63) is 46.5 Å². The maximum atomic E-state index is 13.1. The molecule has 1 aliphatic heterocycles. The summed E-state index contributed by atoms with van der Waals surface area (Å²) in [5.41, 5.74) is 3.65. The minimum absolute atomic E-state index is 0.128. The quantitative estimate of drug-likeness (QED) is 0.329. The Morgan fingerprint density at radius 1 is 1.15 bits per heavy atom. The number of carbonyl (C=O) groups excluding carboxylic acids is 2. The van der Waals surface area contributed by atoms with Crippen molar-refractivity contribution < 1.29 is 24.9 Å². The summed E-state index contributed by atoms with van der Waals surface area (Å²) in [7, 11) is 0. The highest BCUT2D eigenvalue weighted by Crippen LogP contribution is 2.47. The molecule has 1 aromatic carbocycles. The molecule has 0 spiro atoms. The van der Waals surface area contributed by atoms with Gasteiger partial charge < -0.3 is 15.3 Å². The lowest BCUT2D eigenvalue weighted by molar-refractivity contribution is -0.140. The van der Waals surface area contributed by atoms with Crippen molar-refractivity contribution in [3.8, 4) is 5.75 Å². The predicted molar refractivity (Wildman–Crippen MR) is 133 cm³/mol. The number of carbonyl (C=O) groups is 2. The van der Waals surface area contributed by atoms with E-state index in [-0.39, 0.29) is 24.2 Å². The van der Waals surface area contributed by atoms with E-state index < -0.39 is 23.9 Å². The third-order valence-electron chi connectivity index (χ3n) is 7.32. The molecule has 0 radical (unpaired) electrons. The zero-order valence-electron chi connectivity index (χ0n) is 20.7. The Morgan fingerprint density at radius 3 is 2.50 bits per heavy atom. The molecule has 0 aromatic heterocycles. The third kappa shape index (κ3) is 5.28. The topological polar surface area (TPSA) is 98.1 Å². The molecule has 6 heteroatoms. The molecule has 2 aliphatic rings. The lowest BCUT2D eigenvalue weighted by Gasteiger charge is -2.36. The monoisotopic (exact) mass is 469 g/mol. The fourth-order valence-corrected chi connectivity index (χ4v) is 5.67. The normalized spacial score (nSPS) is 24.1. The first-order valence-electron chi connectivity index (χ1n) is 12.7. The summed E-state index contributed by atoms with van der Waals surface area (Å²) in [6.07, 6.45) is 5.86. The molecular weight excluding hydrogens is 430 g/mol.